The van der Waals surface area contributed by atoms with Gasteiger partial charge in [-0.25, -0.2) is 4.98 Å². The van der Waals surface area contributed by atoms with E-state index in [0.717, 1.165) is 29.8 Å². The van der Waals surface area contributed by atoms with Crippen molar-refractivity contribution in [2.45, 2.75) is 25.4 Å². The van der Waals surface area contributed by atoms with Gasteiger partial charge in [0.05, 0.1) is 7.11 Å². The van der Waals surface area contributed by atoms with E-state index in [1.165, 1.54) is 18.4 Å². The summed E-state index contributed by atoms with van der Waals surface area (Å²) >= 11 is 0. The molecule has 1 saturated carbocycles. The summed E-state index contributed by atoms with van der Waals surface area (Å²) in [5, 5.41) is 3.53. The monoisotopic (exact) mass is 283 g/mol. The maximum Gasteiger partial charge on any atom is 0.132 e. The van der Waals surface area contributed by atoms with Crippen molar-refractivity contribution < 1.29 is 4.74 Å². The third-order valence-corrected chi connectivity index (χ3v) is 3.79. The first-order valence-electron chi connectivity index (χ1n) is 7.32. The number of hydrogen-bond donors (Lipinski definition) is 1. The Bertz CT molecular complexity index is 593. The summed E-state index contributed by atoms with van der Waals surface area (Å²) in [6.07, 6.45) is 4.49. The van der Waals surface area contributed by atoms with Crippen LogP contribution in [-0.4, -0.2) is 25.2 Å². The highest BCUT2D eigenvalue weighted by atomic mass is 16.5. The highest BCUT2D eigenvalue weighted by Gasteiger charge is 2.20. The maximum absolute atomic E-state index is 5.19. The van der Waals surface area contributed by atoms with Crippen molar-refractivity contribution in [3.05, 3.63) is 48.2 Å². The Morgan fingerprint density at radius 1 is 1.24 bits per heavy atom. The van der Waals surface area contributed by atoms with E-state index in [0.29, 0.717) is 0 Å². The van der Waals surface area contributed by atoms with Crippen LogP contribution < -0.4 is 15.0 Å². The number of pyridine rings is 1. The molecule has 1 aliphatic rings. The summed E-state index contributed by atoms with van der Waals surface area (Å²) in [4.78, 5) is 6.55. The Hall–Kier alpha value is -2.07. The molecular weight excluding hydrogens is 262 g/mol. The lowest BCUT2D eigenvalue weighted by molar-refractivity contribution is 0.415. The molecule has 0 bridgehead atoms. The van der Waals surface area contributed by atoms with Crippen LogP contribution in [0, 0.1) is 0 Å². The predicted octanol–water partition coefficient (Wildman–Crippen LogP) is 3.11. The van der Waals surface area contributed by atoms with Crippen molar-refractivity contribution in [2.75, 3.05) is 19.1 Å². The van der Waals surface area contributed by atoms with Gasteiger partial charge in [-0.2, -0.15) is 0 Å². The lowest BCUT2D eigenvalue weighted by atomic mass is 10.2. The Balaban J connectivity index is 1.72. The molecule has 3 rings (SSSR count). The van der Waals surface area contributed by atoms with Crippen molar-refractivity contribution >= 4 is 11.5 Å². The molecule has 0 unspecified atom stereocenters. The molecule has 1 aromatic heterocycles. The van der Waals surface area contributed by atoms with Gasteiger partial charge in [0.2, 0.25) is 0 Å². The van der Waals surface area contributed by atoms with Crippen LogP contribution in [0.3, 0.4) is 0 Å². The molecule has 1 aromatic carbocycles. The summed E-state index contributed by atoms with van der Waals surface area (Å²) in [6.45, 7) is 0.913. The normalized spacial score (nSPS) is 14.0. The summed E-state index contributed by atoms with van der Waals surface area (Å²) in [7, 11) is 3.71. The van der Waals surface area contributed by atoms with E-state index in [9.17, 15) is 0 Å². The number of benzene rings is 1. The van der Waals surface area contributed by atoms with Crippen molar-refractivity contribution in [3.63, 3.8) is 0 Å². The summed E-state index contributed by atoms with van der Waals surface area (Å²) in [6, 6.07) is 12.9. The van der Waals surface area contributed by atoms with Crippen molar-refractivity contribution in [1.29, 1.82) is 0 Å². The van der Waals surface area contributed by atoms with E-state index in [4.69, 9.17) is 4.74 Å². The molecule has 2 aromatic rings. The molecule has 0 amide bonds. The minimum atomic E-state index is 0.723. The zero-order chi connectivity index (χ0) is 14.7. The molecule has 110 valence electrons. The Morgan fingerprint density at radius 2 is 2.00 bits per heavy atom. The first-order chi connectivity index (χ1) is 10.3. The molecule has 4 heteroatoms. The van der Waals surface area contributed by atoms with Crippen molar-refractivity contribution in [3.8, 4) is 5.75 Å². The highest BCUT2D eigenvalue weighted by Crippen LogP contribution is 2.25. The van der Waals surface area contributed by atoms with Gasteiger partial charge in [-0.05, 0) is 54.8 Å². The third-order valence-electron chi connectivity index (χ3n) is 3.79. The Labute approximate surface area is 125 Å². The fourth-order valence-corrected chi connectivity index (χ4v) is 2.24. The number of rotatable bonds is 6. The highest BCUT2D eigenvalue weighted by molar-refractivity contribution is 5.60. The summed E-state index contributed by atoms with van der Waals surface area (Å²) < 4.78 is 5.19. The van der Waals surface area contributed by atoms with E-state index in [2.05, 4.69) is 27.3 Å². The van der Waals surface area contributed by atoms with E-state index in [1.54, 1.807) is 7.11 Å². The number of hydrogen-bond acceptors (Lipinski definition) is 4. The predicted molar refractivity (Wildman–Crippen MR) is 85.2 cm³/mol. The minimum Gasteiger partial charge on any atom is -0.497 e. The molecular formula is C17H21N3O. The molecule has 1 aliphatic carbocycles. The van der Waals surface area contributed by atoms with E-state index >= 15 is 0 Å². The molecule has 4 nitrogen and oxygen atoms in total. The van der Waals surface area contributed by atoms with Crippen LogP contribution in [0.4, 0.5) is 11.5 Å². The number of nitrogens with zero attached hydrogens (tertiary/aromatic N) is 2. The van der Waals surface area contributed by atoms with Crippen LogP contribution in [0.1, 0.15) is 18.4 Å². The average Bonchev–Trinajstić information content (AvgIpc) is 3.37. The van der Waals surface area contributed by atoms with Gasteiger partial charge in [0.1, 0.15) is 11.6 Å². The third kappa shape index (κ3) is 3.52. The van der Waals surface area contributed by atoms with Gasteiger partial charge < -0.3 is 15.0 Å². The van der Waals surface area contributed by atoms with Gasteiger partial charge in [0, 0.05) is 31.5 Å². The maximum atomic E-state index is 5.19. The average molecular weight is 283 g/mol. The quantitative estimate of drug-likeness (QED) is 0.884. The fraction of sp³-hybridized carbons (Fsp3) is 0.353. The molecule has 21 heavy (non-hydrogen) atoms. The molecule has 1 heterocycles. The first-order valence-corrected chi connectivity index (χ1v) is 7.32. The summed E-state index contributed by atoms with van der Waals surface area (Å²) in [5.41, 5.74) is 2.36. The number of ether oxygens (including phenoxy) is 1. The number of anilines is 2. The standard InChI is InChI=1S/C17H21N3O/c1-20(15-5-7-16(21-2)8-6-15)17-11-13(9-10-18-17)12-19-14-3-4-14/h5-11,14,19H,3-4,12H2,1-2H3. The topological polar surface area (TPSA) is 37.4 Å². The second kappa shape index (κ2) is 6.14. The van der Waals surface area contributed by atoms with Crippen LogP contribution in [-0.2, 0) is 6.54 Å². The fourth-order valence-electron chi connectivity index (χ4n) is 2.24. The molecule has 1 fully saturated rings. The lowest BCUT2D eigenvalue weighted by Crippen LogP contribution is -2.16. The molecule has 0 aliphatic heterocycles. The first kappa shape index (κ1) is 13.9. The SMILES string of the molecule is COc1ccc(N(C)c2cc(CNC3CC3)ccn2)cc1. The van der Waals surface area contributed by atoms with Crippen LogP contribution in [0.25, 0.3) is 0 Å². The molecule has 0 radical (unpaired) electrons. The molecule has 0 spiro atoms. The minimum absolute atomic E-state index is 0.723. The largest absolute Gasteiger partial charge is 0.497 e. The number of methoxy groups -OCH3 is 1. The van der Waals surface area contributed by atoms with Crippen molar-refractivity contribution in [1.82, 2.24) is 10.3 Å². The van der Waals surface area contributed by atoms with E-state index < -0.39 is 0 Å². The van der Waals surface area contributed by atoms with E-state index in [-0.39, 0.29) is 0 Å². The molecule has 0 atom stereocenters. The molecule has 0 saturated heterocycles. The number of aromatic nitrogens is 1. The lowest BCUT2D eigenvalue weighted by Gasteiger charge is -2.19. The second-order valence-corrected chi connectivity index (χ2v) is 5.43. The molecule has 1 N–H and O–H groups in total. The van der Waals surface area contributed by atoms with Gasteiger partial charge in [-0.1, -0.05) is 0 Å². The van der Waals surface area contributed by atoms with Crippen LogP contribution in [0.15, 0.2) is 42.6 Å². The van der Waals surface area contributed by atoms with Crippen molar-refractivity contribution in [2.24, 2.45) is 0 Å². The Morgan fingerprint density at radius 3 is 2.67 bits per heavy atom. The van der Waals surface area contributed by atoms with Crippen LogP contribution >= 0.6 is 0 Å². The van der Waals surface area contributed by atoms with Gasteiger partial charge in [0.15, 0.2) is 0 Å². The van der Waals surface area contributed by atoms with Crippen LogP contribution in [0.2, 0.25) is 0 Å². The second-order valence-electron chi connectivity index (χ2n) is 5.43. The number of nitrogens with one attached hydrogen (secondary N) is 1. The van der Waals surface area contributed by atoms with Crippen LogP contribution in [0.5, 0.6) is 5.75 Å². The van der Waals surface area contributed by atoms with E-state index in [1.807, 2.05) is 37.5 Å². The zero-order valence-corrected chi connectivity index (χ0v) is 12.5. The van der Waals surface area contributed by atoms with Gasteiger partial charge in [-0.15, -0.1) is 0 Å². The zero-order valence-electron chi connectivity index (χ0n) is 12.5. The Kier molecular flexibility index (Phi) is 4.06. The van der Waals surface area contributed by atoms with Gasteiger partial charge in [-0.3, -0.25) is 0 Å². The van der Waals surface area contributed by atoms with Gasteiger partial charge in [0.25, 0.3) is 0 Å². The smallest absolute Gasteiger partial charge is 0.132 e. The van der Waals surface area contributed by atoms with Gasteiger partial charge >= 0.3 is 0 Å². The summed E-state index contributed by atoms with van der Waals surface area (Å²) in [5.74, 6) is 1.82.